The van der Waals surface area contributed by atoms with Gasteiger partial charge in [0.2, 0.25) is 5.91 Å². The first kappa shape index (κ1) is 15.8. The molecule has 0 bridgehead atoms. The fourth-order valence-corrected chi connectivity index (χ4v) is 2.64. The summed E-state index contributed by atoms with van der Waals surface area (Å²) in [4.78, 5) is 23.5. The van der Waals surface area contributed by atoms with Gasteiger partial charge in [0.1, 0.15) is 6.04 Å². The molecule has 2 rings (SSSR count). The number of carboxylic acid groups (broad SMARTS) is 1. The molecule has 0 spiro atoms. The van der Waals surface area contributed by atoms with E-state index >= 15 is 0 Å². The van der Waals surface area contributed by atoms with Crippen LogP contribution in [0.3, 0.4) is 0 Å². The molecule has 1 aliphatic rings. The second-order valence-corrected chi connectivity index (χ2v) is 6.13. The van der Waals surface area contributed by atoms with Gasteiger partial charge in [0, 0.05) is 16.8 Å². The van der Waals surface area contributed by atoms with Gasteiger partial charge in [-0.05, 0) is 37.0 Å². The van der Waals surface area contributed by atoms with Crippen LogP contribution in [0, 0.1) is 5.92 Å². The van der Waals surface area contributed by atoms with E-state index in [9.17, 15) is 14.7 Å². The number of carboxylic acids is 1. The Morgan fingerprint density at radius 1 is 1.29 bits per heavy atom. The summed E-state index contributed by atoms with van der Waals surface area (Å²) in [5.41, 5.74) is 0.884. The Balaban J connectivity index is 1.98. The van der Waals surface area contributed by atoms with Gasteiger partial charge in [0.15, 0.2) is 0 Å². The number of carbonyl (C=O) groups excluding carboxylic acids is 1. The number of halogens is 1. The van der Waals surface area contributed by atoms with E-state index in [4.69, 9.17) is 0 Å². The van der Waals surface area contributed by atoms with Gasteiger partial charge in [-0.15, -0.1) is 0 Å². The SMILES string of the molecule is O=C(NC(Cc1ccc(Br)cc1)C(=O)O)C1CC=CCC1. The normalized spacial score (nSPS) is 19.0. The summed E-state index contributed by atoms with van der Waals surface area (Å²) in [6.07, 6.45) is 6.68. The lowest BCUT2D eigenvalue weighted by molar-refractivity contribution is -0.142. The van der Waals surface area contributed by atoms with Gasteiger partial charge >= 0.3 is 5.97 Å². The summed E-state index contributed by atoms with van der Waals surface area (Å²) in [5.74, 6) is -1.27. The number of allylic oxidation sites excluding steroid dienone is 2. The molecule has 1 aromatic carbocycles. The summed E-state index contributed by atoms with van der Waals surface area (Å²) in [6, 6.07) is 6.55. The zero-order valence-electron chi connectivity index (χ0n) is 11.6. The third-order valence-corrected chi connectivity index (χ3v) is 4.14. The molecule has 0 radical (unpaired) electrons. The lowest BCUT2D eigenvalue weighted by atomic mass is 9.93. The number of amides is 1. The standard InChI is InChI=1S/C16H18BrNO3/c17-13-8-6-11(7-9-13)10-14(16(20)21)18-15(19)12-4-2-1-3-5-12/h1-2,6-9,12,14H,3-5,10H2,(H,18,19)(H,20,21). The van der Waals surface area contributed by atoms with Crippen molar-refractivity contribution in [1.82, 2.24) is 5.32 Å². The van der Waals surface area contributed by atoms with Crippen molar-refractivity contribution in [3.63, 3.8) is 0 Å². The Hall–Kier alpha value is -1.62. The van der Waals surface area contributed by atoms with E-state index in [1.165, 1.54) is 0 Å². The number of hydrogen-bond donors (Lipinski definition) is 2. The molecule has 0 aliphatic heterocycles. The van der Waals surface area contributed by atoms with Crippen LogP contribution in [0.4, 0.5) is 0 Å². The number of benzene rings is 1. The van der Waals surface area contributed by atoms with E-state index in [2.05, 4.69) is 27.3 Å². The molecule has 21 heavy (non-hydrogen) atoms. The average Bonchev–Trinajstić information content (AvgIpc) is 2.49. The van der Waals surface area contributed by atoms with E-state index in [1.54, 1.807) is 0 Å². The van der Waals surface area contributed by atoms with Gasteiger partial charge < -0.3 is 10.4 Å². The van der Waals surface area contributed by atoms with Crippen molar-refractivity contribution < 1.29 is 14.7 Å². The van der Waals surface area contributed by atoms with Gasteiger partial charge in [-0.25, -0.2) is 4.79 Å². The second-order valence-electron chi connectivity index (χ2n) is 5.21. The monoisotopic (exact) mass is 351 g/mol. The van der Waals surface area contributed by atoms with Crippen molar-refractivity contribution in [1.29, 1.82) is 0 Å². The van der Waals surface area contributed by atoms with Crippen LogP contribution in [0.25, 0.3) is 0 Å². The summed E-state index contributed by atoms with van der Waals surface area (Å²) >= 11 is 3.34. The first-order chi connectivity index (χ1) is 10.1. The molecule has 2 N–H and O–H groups in total. The summed E-state index contributed by atoms with van der Waals surface area (Å²) in [5, 5.41) is 12.0. The number of hydrogen-bond acceptors (Lipinski definition) is 2. The Labute approximate surface area is 132 Å². The van der Waals surface area contributed by atoms with Gasteiger partial charge in [0.05, 0.1) is 0 Å². The van der Waals surface area contributed by atoms with Crippen molar-refractivity contribution in [2.45, 2.75) is 31.7 Å². The average molecular weight is 352 g/mol. The Kier molecular flexibility index (Phi) is 5.56. The zero-order valence-corrected chi connectivity index (χ0v) is 13.2. The molecule has 0 saturated heterocycles. The molecular weight excluding hydrogens is 334 g/mol. The first-order valence-corrected chi connectivity index (χ1v) is 7.78. The third-order valence-electron chi connectivity index (χ3n) is 3.61. The molecule has 1 aliphatic carbocycles. The van der Waals surface area contributed by atoms with Crippen LogP contribution in [0.5, 0.6) is 0 Å². The number of rotatable bonds is 5. The largest absolute Gasteiger partial charge is 0.480 e. The van der Waals surface area contributed by atoms with Crippen LogP contribution in [-0.4, -0.2) is 23.0 Å². The molecule has 0 aromatic heterocycles. The maximum atomic E-state index is 12.1. The molecule has 2 atom stereocenters. The smallest absolute Gasteiger partial charge is 0.326 e. The van der Waals surface area contributed by atoms with Crippen molar-refractivity contribution >= 4 is 27.8 Å². The number of carbonyl (C=O) groups is 2. The minimum atomic E-state index is -1.00. The highest BCUT2D eigenvalue weighted by molar-refractivity contribution is 9.10. The van der Waals surface area contributed by atoms with Crippen LogP contribution in [0.15, 0.2) is 40.9 Å². The van der Waals surface area contributed by atoms with Crippen LogP contribution in [0.2, 0.25) is 0 Å². The van der Waals surface area contributed by atoms with Gasteiger partial charge in [-0.2, -0.15) is 0 Å². The highest BCUT2D eigenvalue weighted by Crippen LogP contribution is 2.18. The highest BCUT2D eigenvalue weighted by Gasteiger charge is 2.25. The van der Waals surface area contributed by atoms with Crippen molar-refractivity contribution in [3.8, 4) is 0 Å². The Bertz CT molecular complexity index is 539. The Morgan fingerprint density at radius 2 is 2.00 bits per heavy atom. The minimum absolute atomic E-state index is 0.109. The fraction of sp³-hybridized carbons (Fsp3) is 0.375. The molecule has 2 unspecified atom stereocenters. The molecule has 1 aromatic rings. The topological polar surface area (TPSA) is 66.4 Å². The van der Waals surface area contributed by atoms with E-state index in [0.717, 1.165) is 22.9 Å². The van der Waals surface area contributed by atoms with E-state index < -0.39 is 12.0 Å². The molecule has 0 heterocycles. The van der Waals surface area contributed by atoms with E-state index in [0.29, 0.717) is 6.42 Å². The van der Waals surface area contributed by atoms with Crippen molar-refractivity contribution in [3.05, 3.63) is 46.5 Å². The first-order valence-electron chi connectivity index (χ1n) is 6.99. The van der Waals surface area contributed by atoms with Crippen LogP contribution in [-0.2, 0) is 16.0 Å². The molecule has 4 nitrogen and oxygen atoms in total. The highest BCUT2D eigenvalue weighted by atomic mass is 79.9. The summed E-state index contributed by atoms with van der Waals surface area (Å²) < 4.78 is 0.941. The molecule has 1 amide bonds. The lowest BCUT2D eigenvalue weighted by Gasteiger charge is -2.21. The number of aliphatic carboxylic acids is 1. The minimum Gasteiger partial charge on any atom is -0.480 e. The van der Waals surface area contributed by atoms with Gasteiger partial charge in [-0.1, -0.05) is 40.2 Å². The second kappa shape index (κ2) is 7.41. The zero-order chi connectivity index (χ0) is 15.2. The van der Waals surface area contributed by atoms with Gasteiger partial charge in [-0.3, -0.25) is 4.79 Å². The fourth-order valence-electron chi connectivity index (χ4n) is 2.38. The van der Waals surface area contributed by atoms with Crippen molar-refractivity contribution in [2.24, 2.45) is 5.92 Å². The van der Waals surface area contributed by atoms with Crippen LogP contribution < -0.4 is 5.32 Å². The maximum absolute atomic E-state index is 12.1. The third kappa shape index (κ3) is 4.70. The molecule has 0 saturated carbocycles. The molecule has 112 valence electrons. The predicted octanol–water partition coefficient (Wildman–Crippen LogP) is 2.92. The number of nitrogens with one attached hydrogen (secondary N) is 1. The molecular formula is C16H18BrNO3. The van der Waals surface area contributed by atoms with Gasteiger partial charge in [0.25, 0.3) is 0 Å². The summed E-state index contributed by atoms with van der Waals surface area (Å²) in [7, 11) is 0. The predicted molar refractivity (Wildman–Crippen MR) is 83.9 cm³/mol. The van der Waals surface area contributed by atoms with Crippen molar-refractivity contribution in [2.75, 3.05) is 0 Å². The van der Waals surface area contributed by atoms with Crippen LogP contribution >= 0.6 is 15.9 Å². The lowest BCUT2D eigenvalue weighted by Crippen LogP contribution is -2.45. The van der Waals surface area contributed by atoms with Crippen LogP contribution in [0.1, 0.15) is 24.8 Å². The maximum Gasteiger partial charge on any atom is 0.326 e. The quantitative estimate of drug-likeness (QED) is 0.801. The molecule has 5 heteroatoms. The van der Waals surface area contributed by atoms with E-state index in [1.807, 2.05) is 30.3 Å². The molecule has 0 fully saturated rings. The van der Waals surface area contributed by atoms with E-state index in [-0.39, 0.29) is 18.2 Å². The Morgan fingerprint density at radius 3 is 2.57 bits per heavy atom. The summed E-state index contributed by atoms with van der Waals surface area (Å²) in [6.45, 7) is 0.